The van der Waals surface area contributed by atoms with E-state index in [-0.39, 0.29) is 6.04 Å². The molecule has 0 radical (unpaired) electrons. The molecule has 1 N–H and O–H groups in total. The summed E-state index contributed by atoms with van der Waals surface area (Å²) in [5.74, 6) is 0.902. The lowest BCUT2D eigenvalue weighted by Gasteiger charge is -2.23. The maximum absolute atomic E-state index is 5.31. The van der Waals surface area contributed by atoms with Crippen molar-refractivity contribution in [2.45, 2.75) is 26.8 Å². The van der Waals surface area contributed by atoms with Gasteiger partial charge in [0.05, 0.1) is 13.2 Å². The maximum Gasteiger partial charge on any atom is 0.119 e. The first-order valence-corrected chi connectivity index (χ1v) is 8.00. The highest BCUT2D eigenvalue weighted by Gasteiger charge is 2.17. The summed E-state index contributed by atoms with van der Waals surface area (Å²) in [5.41, 5.74) is 5.13. The monoisotopic (exact) mass is 347 g/mol. The predicted molar refractivity (Wildman–Crippen MR) is 92.1 cm³/mol. The van der Waals surface area contributed by atoms with Crippen LogP contribution in [0.3, 0.4) is 0 Å². The Hall–Kier alpha value is -1.32. The molecule has 0 aliphatic carbocycles. The van der Waals surface area contributed by atoms with Crippen molar-refractivity contribution in [2.24, 2.45) is 0 Å². The number of hydrogen-bond acceptors (Lipinski definition) is 2. The second kappa shape index (κ2) is 7.10. The van der Waals surface area contributed by atoms with Crippen LogP contribution in [0, 0.1) is 13.8 Å². The van der Waals surface area contributed by atoms with Crippen LogP contribution in [-0.2, 0) is 0 Å². The molecule has 21 heavy (non-hydrogen) atoms. The van der Waals surface area contributed by atoms with Gasteiger partial charge in [-0.15, -0.1) is 0 Å². The molecule has 0 bridgehead atoms. The standard InChI is InChI=1S/C18H22BrNO/c1-5-20-18(16-8-6-14(19)10-12(16)2)17-9-7-15(21-4)11-13(17)3/h6-11,18,20H,5H2,1-4H3. The Kier molecular flexibility index (Phi) is 5.43. The summed E-state index contributed by atoms with van der Waals surface area (Å²) in [5, 5.41) is 3.60. The van der Waals surface area contributed by atoms with Crippen LogP contribution in [0.1, 0.15) is 35.2 Å². The van der Waals surface area contributed by atoms with Crippen LogP contribution in [0.15, 0.2) is 40.9 Å². The lowest BCUT2D eigenvalue weighted by atomic mass is 9.92. The molecule has 0 aromatic heterocycles. The predicted octanol–water partition coefficient (Wildman–Crippen LogP) is 4.77. The molecule has 2 nitrogen and oxygen atoms in total. The number of benzene rings is 2. The van der Waals surface area contributed by atoms with E-state index < -0.39 is 0 Å². The van der Waals surface area contributed by atoms with Gasteiger partial charge in [-0.25, -0.2) is 0 Å². The van der Waals surface area contributed by atoms with Gasteiger partial charge in [-0.1, -0.05) is 35.0 Å². The Morgan fingerprint density at radius 3 is 2.19 bits per heavy atom. The van der Waals surface area contributed by atoms with Crippen molar-refractivity contribution in [3.05, 3.63) is 63.1 Å². The second-order valence-electron chi connectivity index (χ2n) is 5.21. The number of halogens is 1. The first-order valence-electron chi connectivity index (χ1n) is 7.20. The highest BCUT2D eigenvalue weighted by molar-refractivity contribution is 9.10. The molecule has 1 unspecified atom stereocenters. The van der Waals surface area contributed by atoms with E-state index >= 15 is 0 Å². The molecule has 0 saturated heterocycles. The third kappa shape index (κ3) is 3.66. The zero-order valence-corrected chi connectivity index (χ0v) is 14.6. The Morgan fingerprint density at radius 1 is 1.05 bits per heavy atom. The summed E-state index contributed by atoms with van der Waals surface area (Å²) in [4.78, 5) is 0. The topological polar surface area (TPSA) is 21.3 Å². The van der Waals surface area contributed by atoms with E-state index in [2.05, 4.69) is 72.3 Å². The highest BCUT2D eigenvalue weighted by Crippen LogP contribution is 2.30. The number of ether oxygens (including phenoxy) is 1. The van der Waals surface area contributed by atoms with Gasteiger partial charge >= 0.3 is 0 Å². The van der Waals surface area contributed by atoms with E-state index in [4.69, 9.17) is 4.74 Å². The van der Waals surface area contributed by atoms with Crippen molar-refractivity contribution in [1.82, 2.24) is 5.32 Å². The average Bonchev–Trinajstić information content (AvgIpc) is 2.46. The zero-order chi connectivity index (χ0) is 15.4. The number of methoxy groups -OCH3 is 1. The summed E-state index contributed by atoms with van der Waals surface area (Å²) in [6, 6.07) is 12.9. The van der Waals surface area contributed by atoms with Gasteiger partial charge in [0.25, 0.3) is 0 Å². The first-order chi connectivity index (χ1) is 10.1. The molecule has 2 aromatic carbocycles. The largest absolute Gasteiger partial charge is 0.497 e. The molecule has 1 atom stereocenters. The Morgan fingerprint density at radius 2 is 1.67 bits per heavy atom. The third-order valence-corrected chi connectivity index (χ3v) is 4.23. The van der Waals surface area contributed by atoms with Gasteiger partial charge in [0.1, 0.15) is 5.75 Å². The van der Waals surface area contributed by atoms with Crippen molar-refractivity contribution in [3.63, 3.8) is 0 Å². The number of nitrogens with one attached hydrogen (secondary N) is 1. The van der Waals surface area contributed by atoms with Crippen molar-refractivity contribution in [3.8, 4) is 5.75 Å². The van der Waals surface area contributed by atoms with Crippen LogP contribution in [0.5, 0.6) is 5.75 Å². The molecule has 0 spiro atoms. The Bertz CT molecular complexity index is 625. The molecule has 0 amide bonds. The van der Waals surface area contributed by atoms with Crippen molar-refractivity contribution in [1.29, 1.82) is 0 Å². The van der Waals surface area contributed by atoms with Crippen LogP contribution in [0.25, 0.3) is 0 Å². The minimum Gasteiger partial charge on any atom is -0.497 e. The quantitative estimate of drug-likeness (QED) is 0.840. The molecule has 3 heteroatoms. The zero-order valence-electron chi connectivity index (χ0n) is 13.0. The van der Waals surface area contributed by atoms with Gasteiger partial charge in [0.15, 0.2) is 0 Å². The molecule has 0 aliphatic heterocycles. The molecule has 0 heterocycles. The van der Waals surface area contributed by atoms with E-state index in [0.29, 0.717) is 0 Å². The average molecular weight is 348 g/mol. The molecule has 112 valence electrons. The van der Waals surface area contributed by atoms with E-state index in [9.17, 15) is 0 Å². The number of aryl methyl sites for hydroxylation is 2. The van der Waals surface area contributed by atoms with E-state index in [0.717, 1.165) is 16.8 Å². The van der Waals surface area contributed by atoms with Gasteiger partial charge in [-0.2, -0.15) is 0 Å². The van der Waals surface area contributed by atoms with Gasteiger partial charge in [0, 0.05) is 4.47 Å². The van der Waals surface area contributed by atoms with Crippen molar-refractivity contribution < 1.29 is 4.74 Å². The Balaban J connectivity index is 2.48. The van der Waals surface area contributed by atoms with E-state index in [1.54, 1.807) is 7.11 Å². The summed E-state index contributed by atoms with van der Waals surface area (Å²) in [6.07, 6.45) is 0. The number of hydrogen-bond donors (Lipinski definition) is 1. The molecule has 0 saturated carbocycles. The first kappa shape index (κ1) is 16.1. The third-order valence-electron chi connectivity index (χ3n) is 3.74. The smallest absolute Gasteiger partial charge is 0.119 e. The van der Waals surface area contributed by atoms with Crippen LogP contribution >= 0.6 is 15.9 Å². The van der Waals surface area contributed by atoms with Crippen LogP contribution in [0.4, 0.5) is 0 Å². The minimum absolute atomic E-state index is 0.203. The highest BCUT2D eigenvalue weighted by atomic mass is 79.9. The molecule has 2 aromatic rings. The molecule has 0 fully saturated rings. The molecular weight excluding hydrogens is 326 g/mol. The van der Waals surface area contributed by atoms with Gasteiger partial charge < -0.3 is 10.1 Å². The van der Waals surface area contributed by atoms with Crippen molar-refractivity contribution in [2.75, 3.05) is 13.7 Å². The summed E-state index contributed by atoms with van der Waals surface area (Å²) < 4.78 is 6.42. The number of rotatable bonds is 5. The SMILES string of the molecule is CCNC(c1ccc(Br)cc1C)c1ccc(OC)cc1C. The minimum atomic E-state index is 0.203. The normalized spacial score (nSPS) is 12.2. The fourth-order valence-corrected chi connectivity index (χ4v) is 3.13. The van der Waals surface area contributed by atoms with Crippen molar-refractivity contribution >= 4 is 15.9 Å². The molecular formula is C18H22BrNO. The maximum atomic E-state index is 5.31. The fraction of sp³-hybridized carbons (Fsp3) is 0.333. The summed E-state index contributed by atoms with van der Waals surface area (Å²) in [6.45, 7) is 7.35. The lowest BCUT2D eigenvalue weighted by Crippen LogP contribution is -2.23. The summed E-state index contributed by atoms with van der Waals surface area (Å²) in [7, 11) is 1.70. The second-order valence-corrected chi connectivity index (χ2v) is 6.13. The van der Waals surface area contributed by atoms with E-state index in [1.807, 2.05) is 6.07 Å². The van der Waals surface area contributed by atoms with Gasteiger partial charge in [0.2, 0.25) is 0 Å². The van der Waals surface area contributed by atoms with Crippen LogP contribution < -0.4 is 10.1 Å². The van der Waals surface area contributed by atoms with Gasteiger partial charge in [-0.05, 0) is 66.9 Å². The lowest BCUT2D eigenvalue weighted by molar-refractivity contribution is 0.414. The fourth-order valence-electron chi connectivity index (χ4n) is 2.65. The Labute approximate surface area is 135 Å². The van der Waals surface area contributed by atoms with Crippen LogP contribution in [0.2, 0.25) is 0 Å². The molecule has 2 rings (SSSR count). The summed E-state index contributed by atoms with van der Waals surface area (Å²) >= 11 is 3.54. The van der Waals surface area contributed by atoms with Crippen LogP contribution in [-0.4, -0.2) is 13.7 Å². The van der Waals surface area contributed by atoms with E-state index in [1.165, 1.54) is 22.3 Å². The molecule has 0 aliphatic rings. The van der Waals surface area contributed by atoms with Gasteiger partial charge in [-0.3, -0.25) is 0 Å².